The fourth-order valence-electron chi connectivity index (χ4n) is 3.58. The van der Waals surface area contributed by atoms with E-state index in [1.807, 2.05) is 55.8 Å². The van der Waals surface area contributed by atoms with Gasteiger partial charge in [0.25, 0.3) is 0 Å². The topological polar surface area (TPSA) is 104 Å². The molecule has 0 radical (unpaired) electrons. The van der Waals surface area contributed by atoms with E-state index in [4.69, 9.17) is 9.72 Å². The second-order valence-corrected chi connectivity index (χ2v) is 8.25. The first kappa shape index (κ1) is 21.4. The van der Waals surface area contributed by atoms with Gasteiger partial charge in [0.05, 0.1) is 17.2 Å². The van der Waals surface area contributed by atoms with Gasteiger partial charge in [-0.15, -0.1) is 5.10 Å². The summed E-state index contributed by atoms with van der Waals surface area (Å²) in [6, 6.07) is 11.5. The molecule has 0 aliphatic carbocycles. The Labute approximate surface area is 196 Å². The first-order valence-corrected chi connectivity index (χ1v) is 11.0. The molecule has 0 fully saturated rings. The zero-order chi connectivity index (χ0) is 23.5. The van der Waals surface area contributed by atoms with E-state index in [-0.39, 0.29) is 0 Å². The summed E-state index contributed by atoms with van der Waals surface area (Å²) in [6.45, 7) is 4.58. The molecule has 34 heavy (non-hydrogen) atoms. The molecule has 0 aliphatic heterocycles. The van der Waals surface area contributed by atoms with Crippen LogP contribution in [-0.4, -0.2) is 34.9 Å². The van der Waals surface area contributed by atoms with Crippen LogP contribution in [0, 0.1) is 0 Å². The van der Waals surface area contributed by atoms with E-state index in [2.05, 4.69) is 44.4 Å². The van der Waals surface area contributed by atoms with E-state index >= 15 is 0 Å². The highest BCUT2D eigenvalue weighted by molar-refractivity contribution is 5.82. The molecule has 1 N–H and O–H groups in total. The Morgan fingerprint density at radius 1 is 1.00 bits per heavy atom. The molecule has 0 bridgehead atoms. The number of pyridine rings is 3. The van der Waals surface area contributed by atoms with Crippen LogP contribution in [0.1, 0.15) is 31.0 Å². The van der Waals surface area contributed by atoms with Gasteiger partial charge < -0.3 is 10.1 Å². The zero-order valence-corrected chi connectivity index (χ0v) is 19.2. The maximum atomic E-state index is 5.89. The Hall–Kier alpha value is -4.40. The van der Waals surface area contributed by atoms with Gasteiger partial charge in [0.2, 0.25) is 0 Å². The highest BCUT2D eigenvalue weighted by Crippen LogP contribution is 2.27. The van der Waals surface area contributed by atoms with E-state index < -0.39 is 0 Å². The minimum absolute atomic E-state index is 0.331. The van der Waals surface area contributed by atoms with Crippen LogP contribution >= 0.6 is 0 Å². The molecule has 9 heteroatoms. The Kier molecular flexibility index (Phi) is 5.82. The lowest BCUT2D eigenvalue weighted by atomic mass is 10.1. The molecule has 0 aliphatic rings. The number of anilines is 2. The van der Waals surface area contributed by atoms with Crippen molar-refractivity contribution in [1.29, 1.82) is 0 Å². The summed E-state index contributed by atoms with van der Waals surface area (Å²) < 4.78 is 7.67. The Balaban J connectivity index is 1.42. The summed E-state index contributed by atoms with van der Waals surface area (Å²) in [4.78, 5) is 13.4. The number of fused-ring (bicyclic) bond motifs is 1. The average molecular weight is 453 g/mol. The van der Waals surface area contributed by atoms with E-state index in [1.165, 1.54) is 0 Å². The van der Waals surface area contributed by atoms with Gasteiger partial charge in [-0.1, -0.05) is 13.8 Å². The minimum atomic E-state index is 0.331. The first-order chi connectivity index (χ1) is 16.5. The van der Waals surface area contributed by atoms with E-state index in [0.717, 1.165) is 39.2 Å². The van der Waals surface area contributed by atoms with Gasteiger partial charge in [-0.05, 0) is 47.9 Å². The molecule has 5 aromatic rings. The largest absolute Gasteiger partial charge is 0.487 e. The van der Waals surface area contributed by atoms with Crippen LogP contribution in [0.2, 0.25) is 0 Å². The predicted molar refractivity (Wildman–Crippen MR) is 130 cm³/mol. The SMILES string of the molecule is CC(C)c1cnnc(Nc2ccc3ncc(-c4cn(C)nc4COc4ccncc4)cc3n2)c1. The fraction of sp³-hybridized carbons (Fsp3) is 0.200. The van der Waals surface area contributed by atoms with Gasteiger partial charge in [-0.3, -0.25) is 14.6 Å². The molecular formula is C25H24N8O. The third-order valence-corrected chi connectivity index (χ3v) is 5.38. The summed E-state index contributed by atoms with van der Waals surface area (Å²) in [6.07, 6.45) is 8.97. The van der Waals surface area contributed by atoms with Crippen LogP contribution in [0.25, 0.3) is 22.2 Å². The van der Waals surface area contributed by atoms with Crippen molar-refractivity contribution in [3.8, 4) is 16.9 Å². The number of nitrogens with one attached hydrogen (secondary N) is 1. The van der Waals surface area contributed by atoms with Crippen molar-refractivity contribution in [3.63, 3.8) is 0 Å². The van der Waals surface area contributed by atoms with Crippen LogP contribution < -0.4 is 10.1 Å². The predicted octanol–water partition coefficient (Wildman–Crippen LogP) is 4.66. The monoisotopic (exact) mass is 452 g/mol. The van der Waals surface area contributed by atoms with Crippen molar-refractivity contribution in [1.82, 2.24) is 34.9 Å². The molecule has 0 saturated heterocycles. The fourth-order valence-corrected chi connectivity index (χ4v) is 3.58. The number of nitrogens with zero attached hydrogens (tertiary/aromatic N) is 7. The van der Waals surface area contributed by atoms with Crippen molar-refractivity contribution in [2.75, 3.05) is 5.32 Å². The van der Waals surface area contributed by atoms with E-state index in [0.29, 0.717) is 24.2 Å². The maximum absolute atomic E-state index is 5.89. The summed E-state index contributed by atoms with van der Waals surface area (Å²) in [5, 5.41) is 16.1. The van der Waals surface area contributed by atoms with Crippen molar-refractivity contribution >= 4 is 22.7 Å². The minimum Gasteiger partial charge on any atom is -0.487 e. The molecule has 0 aromatic carbocycles. The third-order valence-electron chi connectivity index (χ3n) is 5.38. The van der Waals surface area contributed by atoms with E-state index in [1.54, 1.807) is 23.3 Å². The number of aromatic nitrogens is 7. The second kappa shape index (κ2) is 9.22. The molecule has 5 aromatic heterocycles. The smallest absolute Gasteiger partial charge is 0.154 e. The van der Waals surface area contributed by atoms with Crippen molar-refractivity contribution in [3.05, 3.63) is 78.6 Å². The molecular weight excluding hydrogens is 428 g/mol. The molecule has 0 saturated carbocycles. The normalized spacial score (nSPS) is 11.2. The standard InChI is InChI=1S/C25H24N8O/c1-16(2)17-11-25(31-28-13-17)30-24-5-4-21-22(29-24)10-18(12-27-21)20-14-33(3)32-23(20)15-34-19-6-8-26-9-7-19/h4-14,16H,15H2,1-3H3,(H,29,30,31). The summed E-state index contributed by atoms with van der Waals surface area (Å²) in [5.41, 5.74) is 5.35. The third kappa shape index (κ3) is 4.68. The molecule has 0 unspecified atom stereocenters. The molecule has 5 rings (SSSR count). The van der Waals surface area contributed by atoms with Crippen LogP contribution in [-0.2, 0) is 13.7 Å². The van der Waals surface area contributed by atoms with Crippen LogP contribution in [0.4, 0.5) is 11.6 Å². The Morgan fingerprint density at radius 2 is 1.85 bits per heavy atom. The van der Waals surface area contributed by atoms with Crippen LogP contribution in [0.5, 0.6) is 5.75 Å². The Bertz CT molecular complexity index is 1430. The van der Waals surface area contributed by atoms with E-state index in [9.17, 15) is 0 Å². The number of aryl methyl sites for hydroxylation is 1. The zero-order valence-electron chi connectivity index (χ0n) is 19.2. The van der Waals surface area contributed by atoms with Crippen molar-refractivity contribution in [2.45, 2.75) is 26.4 Å². The Morgan fingerprint density at radius 3 is 2.68 bits per heavy atom. The average Bonchev–Trinajstić information content (AvgIpc) is 3.23. The van der Waals surface area contributed by atoms with Gasteiger partial charge in [0.1, 0.15) is 23.9 Å². The summed E-state index contributed by atoms with van der Waals surface area (Å²) >= 11 is 0. The quantitative estimate of drug-likeness (QED) is 0.380. The molecule has 0 amide bonds. The van der Waals surface area contributed by atoms with Gasteiger partial charge in [0.15, 0.2) is 5.82 Å². The number of ether oxygens (including phenoxy) is 1. The number of hydrogen-bond acceptors (Lipinski definition) is 8. The van der Waals surface area contributed by atoms with Gasteiger partial charge in [-0.2, -0.15) is 10.2 Å². The highest BCUT2D eigenvalue weighted by atomic mass is 16.5. The lowest BCUT2D eigenvalue weighted by Gasteiger charge is -2.09. The molecule has 0 atom stereocenters. The number of hydrogen-bond donors (Lipinski definition) is 1. The lowest BCUT2D eigenvalue weighted by molar-refractivity contribution is 0.300. The summed E-state index contributed by atoms with van der Waals surface area (Å²) in [7, 11) is 1.89. The maximum Gasteiger partial charge on any atom is 0.154 e. The van der Waals surface area contributed by atoms with Crippen LogP contribution in [0.15, 0.2) is 67.4 Å². The van der Waals surface area contributed by atoms with Crippen molar-refractivity contribution < 1.29 is 4.74 Å². The van der Waals surface area contributed by atoms with Gasteiger partial charge in [-0.25, -0.2) is 4.98 Å². The van der Waals surface area contributed by atoms with Crippen molar-refractivity contribution in [2.24, 2.45) is 7.05 Å². The summed E-state index contributed by atoms with van der Waals surface area (Å²) in [5.74, 6) is 2.44. The molecule has 0 spiro atoms. The van der Waals surface area contributed by atoms with Gasteiger partial charge >= 0.3 is 0 Å². The molecule has 9 nitrogen and oxygen atoms in total. The molecule has 5 heterocycles. The highest BCUT2D eigenvalue weighted by Gasteiger charge is 2.13. The molecule has 170 valence electrons. The second-order valence-electron chi connectivity index (χ2n) is 8.25. The lowest BCUT2D eigenvalue weighted by Crippen LogP contribution is -2.00. The first-order valence-electron chi connectivity index (χ1n) is 11.0. The van der Waals surface area contributed by atoms with Crippen LogP contribution in [0.3, 0.4) is 0 Å². The van der Waals surface area contributed by atoms with Gasteiger partial charge in [0, 0.05) is 43.0 Å². The number of rotatable bonds is 7.